The van der Waals surface area contributed by atoms with Gasteiger partial charge in [0.15, 0.2) is 0 Å². The molecule has 0 amide bonds. The van der Waals surface area contributed by atoms with E-state index in [1.807, 2.05) is 6.07 Å². The van der Waals surface area contributed by atoms with Crippen LogP contribution in [0.15, 0.2) is 18.2 Å². The van der Waals surface area contributed by atoms with E-state index in [1.165, 1.54) is 19.3 Å². The fourth-order valence-electron chi connectivity index (χ4n) is 2.02. The van der Waals surface area contributed by atoms with Crippen molar-refractivity contribution in [1.82, 2.24) is 0 Å². The molecule has 0 fully saturated rings. The third kappa shape index (κ3) is 4.02. The number of nitro benzene ring substituents is 1. The summed E-state index contributed by atoms with van der Waals surface area (Å²) in [4.78, 5) is 10.5. The largest absolute Gasteiger partial charge is 0.382 e. The van der Waals surface area contributed by atoms with Crippen molar-refractivity contribution < 1.29 is 4.92 Å². The van der Waals surface area contributed by atoms with Crippen LogP contribution in [0.5, 0.6) is 0 Å². The van der Waals surface area contributed by atoms with Crippen LogP contribution in [0.4, 0.5) is 11.4 Å². The van der Waals surface area contributed by atoms with E-state index in [9.17, 15) is 10.1 Å². The molecule has 0 heterocycles. The Morgan fingerprint density at radius 1 is 1.39 bits per heavy atom. The smallest absolute Gasteiger partial charge is 0.274 e. The number of anilines is 1. The molecule has 0 aliphatic rings. The van der Waals surface area contributed by atoms with Crippen LogP contribution in [0.3, 0.4) is 0 Å². The molecule has 0 saturated carbocycles. The average molecular weight is 250 g/mol. The van der Waals surface area contributed by atoms with Crippen LogP contribution < -0.4 is 5.32 Å². The van der Waals surface area contributed by atoms with Gasteiger partial charge in [-0.05, 0) is 26.3 Å². The van der Waals surface area contributed by atoms with Gasteiger partial charge in [0.1, 0.15) is 0 Å². The molecule has 0 radical (unpaired) electrons. The zero-order valence-electron chi connectivity index (χ0n) is 11.4. The Morgan fingerprint density at radius 3 is 2.72 bits per heavy atom. The SMILES string of the molecule is CCCCCC(C)Nc1cccc([N+](=O)[O-])c1C. The van der Waals surface area contributed by atoms with Crippen molar-refractivity contribution in [3.63, 3.8) is 0 Å². The molecule has 0 bridgehead atoms. The van der Waals surface area contributed by atoms with Crippen LogP contribution in [0.1, 0.15) is 45.1 Å². The molecule has 0 saturated heterocycles. The normalized spacial score (nSPS) is 12.2. The highest BCUT2D eigenvalue weighted by atomic mass is 16.6. The summed E-state index contributed by atoms with van der Waals surface area (Å²) < 4.78 is 0. The first-order chi connectivity index (χ1) is 8.56. The number of rotatable bonds is 7. The van der Waals surface area contributed by atoms with Crippen molar-refractivity contribution in [2.45, 2.75) is 52.5 Å². The average Bonchev–Trinajstić information content (AvgIpc) is 2.32. The first kappa shape index (κ1) is 14.5. The predicted octanol–water partition coefficient (Wildman–Crippen LogP) is 4.28. The highest BCUT2D eigenvalue weighted by Crippen LogP contribution is 2.26. The Bertz CT molecular complexity index is 405. The Kier molecular flexibility index (Phi) is 5.62. The zero-order valence-corrected chi connectivity index (χ0v) is 11.4. The lowest BCUT2D eigenvalue weighted by Crippen LogP contribution is -2.15. The molecule has 1 aromatic rings. The molecule has 0 aliphatic carbocycles. The molecule has 1 rings (SSSR count). The summed E-state index contributed by atoms with van der Waals surface area (Å²) in [6, 6.07) is 5.52. The van der Waals surface area contributed by atoms with Crippen LogP contribution in [-0.4, -0.2) is 11.0 Å². The molecule has 4 heteroatoms. The van der Waals surface area contributed by atoms with Crippen molar-refractivity contribution in [3.8, 4) is 0 Å². The molecule has 18 heavy (non-hydrogen) atoms. The van der Waals surface area contributed by atoms with Crippen LogP contribution in [0, 0.1) is 17.0 Å². The minimum absolute atomic E-state index is 0.181. The lowest BCUT2D eigenvalue weighted by atomic mass is 10.1. The van der Waals surface area contributed by atoms with Crippen molar-refractivity contribution in [2.75, 3.05) is 5.32 Å². The zero-order chi connectivity index (χ0) is 13.5. The lowest BCUT2D eigenvalue weighted by Gasteiger charge is -2.16. The summed E-state index contributed by atoms with van der Waals surface area (Å²) in [5.74, 6) is 0. The molecule has 1 N–H and O–H groups in total. The first-order valence-electron chi connectivity index (χ1n) is 6.56. The Morgan fingerprint density at radius 2 is 2.11 bits per heavy atom. The van der Waals surface area contributed by atoms with Gasteiger partial charge in [0.2, 0.25) is 0 Å². The Balaban J connectivity index is 2.67. The van der Waals surface area contributed by atoms with E-state index >= 15 is 0 Å². The number of nitrogens with zero attached hydrogens (tertiary/aromatic N) is 1. The number of benzene rings is 1. The van der Waals surface area contributed by atoms with Gasteiger partial charge in [-0.15, -0.1) is 0 Å². The first-order valence-corrected chi connectivity index (χ1v) is 6.56. The number of nitro groups is 1. The third-order valence-corrected chi connectivity index (χ3v) is 3.14. The molecular weight excluding hydrogens is 228 g/mol. The van der Waals surface area contributed by atoms with Gasteiger partial charge in [-0.3, -0.25) is 10.1 Å². The van der Waals surface area contributed by atoms with E-state index in [1.54, 1.807) is 19.1 Å². The molecule has 4 nitrogen and oxygen atoms in total. The maximum Gasteiger partial charge on any atom is 0.274 e. The van der Waals surface area contributed by atoms with Crippen LogP contribution >= 0.6 is 0 Å². The van der Waals surface area contributed by atoms with E-state index in [4.69, 9.17) is 0 Å². The summed E-state index contributed by atoms with van der Waals surface area (Å²) in [7, 11) is 0. The molecule has 100 valence electrons. The lowest BCUT2D eigenvalue weighted by molar-refractivity contribution is -0.385. The van der Waals surface area contributed by atoms with Crippen LogP contribution in [0.2, 0.25) is 0 Å². The van der Waals surface area contributed by atoms with Crippen LogP contribution in [-0.2, 0) is 0 Å². The third-order valence-electron chi connectivity index (χ3n) is 3.14. The molecule has 1 aromatic carbocycles. The standard InChI is InChI=1S/C14H22N2O2/c1-4-5-6-8-11(2)15-13-9-7-10-14(12(13)3)16(17)18/h7,9-11,15H,4-6,8H2,1-3H3. The Labute approximate surface area is 109 Å². The second-order valence-electron chi connectivity index (χ2n) is 4.75. The Hall–Kier alpha value is -1.58. The number of hydrogen-bond donors (Lipinski definition) is 1. The summed E-state index contributed by atoms with van der Waals surface area (Å²) in [5.41, 5.74) is 1.76. The van der Waals surface area contributed by atoms with Crippen LogP contribution in [0.25, 0.3) is 0 Å². The number of unbranched alkanes of at least 4 members (excludes halogenated alkanes) is 2. The molecule has 0 aromatic heterocycles. The van der Waals surface area contributed by atoms with Gasteiger partial charge in [-0.25, -0.2) is 0 Å². The fourth-order valence-corrected chi connectivity index (χ4v) is 2.02. The van der Waals surface area contributed by atoms with E-state index in [2.05, 4.69) is 19.2 Å². The predicted molar refractivity (Wildman–Crippen MR) is 75.1 cm³/mol. The van der Waals surface area contributed by atoms with Crippen molar-refractivity contribution in [1.29, 1.82) is 0 Å². The highest BCUT2D eigenvalue weighted by Gasteiger charge is 2.14. The second-order valence-corrected chi connectivity index (χ2v) is 4.75. The van der Waals surface area contributed by atoms with Crippen molar-refractivity contribution in [2.24, 2.45) is 0 Å². The molecule has 1 atom stereocenters. The van der Waals surface area contributed by atoms with Gasteiger partial charge in [0.25, 0.3) is 5.69 Å². The van der Waals surface area contributed by atoms with Gasteiger partial charge in [-0.2, -0.15) is 0 Å². The van der Waals surface area contributed by atoms with E-state index in [0.717, 1.165) is 12.1 Å². The monoisotopic (exact) mass is 250 g/mol. The van der Waals surface area contributed by atoms with E-state index < -0.39 is 0 Å². The van der Waals surface area contributed by atoms with Gasteiger partial charge in [0.05, 0.1) is 4.92 Å². The van der Waals surface area contributed by atoms with Gasteiger partial charge >= 0.3 is 0 Å². The summed E-state index contributed by atoms with van der Waals surface area (Å²) in [5, 5.41) is 14.2. The summed E-state index contributed by atoms with van der Waals surface area (Å²) in [6.45, 7) is 6.09. The fraction of sp³-hybridized carbons (Fsp3) is 0.571. The van der Waals surface area contributed by atoms with Gasteiger partial charge in [-0.1, -0.05) is 32.3 Å². The highest BCUT2D eigenvalue weighted by molar-refractivity contribution is 5.60. The molecule has 0 aliphatic heterocycles. The van der Waals surface area contributed by atoms with Crippen molar-refractivity contribution in [3.05, 3.63) is 33.9 Å². The molecule has 0 spiro atoms. The topological polar surface area (TPSA) is 55.2 Å². The van der Waals surface area contributed by atoms with Gasteiger partial charge < -0.3 is 5.32 Å². The van der Waals surface area contributed by atoms with Gasteiger partial charge in [0, 0.05) is 23.4 Å². The number of nitrogens with one attached hydrogen (secondary N) is 1. The maximum absolute atomic E-state index is 10.8. The van der Waals surface area contributed by atoms with Crippen molar-refractivity contribution >= 4 is 11.4 Å². The van der Waals surface area contributed by atoms with E-state index in [0.29, 0.717) is 11.6 Å². The molecular formula is C14H22N2O2. The minimum Gasteiger partial charge on any atom is -0.382 e. The number of hydrogen-bond acceptors (Lipinski definition) is 3. The second kappa shape index (κ2) is 6.99. The minimum atomic E-state index is -0.331. The summed E-state index contributed by atoms with van der Waals surface area (Å²) >= 11 is 0. The van der Waals surface area contributed by atoms with E-state index in [-0.39, 0.29) is 10.6 Å². The maximum atomic E-state index is 10.8. The summed E-state index contributed by atoms with van der Waals surface area (Å²) in [6.07, 6.45) is 4.73. The quantitative estimate of drug-likeness (QED) is 0.446. The molecule has 1 unspecified atom stereocenters.